The normalized spacial score (nSPS) is 12.4. The average molecular weight is 309 g/mol. The molecular weight excluding hydrogens is 295 g/mol. The molecule has 0 radical (unpaired) electrons. The summed E-state index contributed by atoms with van der Waals surface area (Å²) in [6.07, 6.45) is 3.16. The van der Waals surface area contributed by atoms with Crippen LogP contribution in [0.2, 0.25) is 0 Å². The molecule has 0 amide bonds. The highest BCUT2D eigenvalue weighted by atomic mass is 79.9. The van der Waals surface area contributed by atoms with Gasteiger partial charge in [-0.3, -0.25) is 4.98 Å². The molecule has 94 valence electrons. The molecule has 0 aliphatic heterocycles. The van der Waals surface area contributed by atoms with Crippen molar-refractivity contribution in [1.82, 2.24) is 4.98 Å². The molecule has 0 spiro atoms. The molecule has 0 aliphatic rings. The van der Waals surface area contributed by atoms with Gasteiger partial charge in [0.15, 0.2) is 0 Å². The Morgan fingerprint density at radius 3 is 2.72 bits per heavy atom. The minimum Gasteiger partial charge on any atom is -0.327 e. The van der Waals surface area contributed by atoms with E-state index in [0.717, 1.165) is 15.7 Å². The van der Waals surface area contributed by atoms with E-state index in [-0.39, 0.29) is 11.9 Å². The minimum absolute atomic E-state index is 0.0262. The Balaban J connectivity index is 2.01. The molecule has 4 heteroatoms. The Kier molecular flexibility index (Phi) is 4.44. The van der Waals surface area contributed by atoms with Gasteiger partial charge in [0.25, 0.3) is 0 Å². The zero-order chi connectivity index (χ0) is 13.0. The molecule has 2 N–H and O–H groups in total. The Labute approximate surface area is 114 Å². The first kappa shape index (κ1) is 13.2. The highest BCUT2D eigenvalue weighted by Crippen LogP contribution is 2.19. The second-order valence-electron chi connectivity index (χ2n) is 4.23. The van der Waals surface area contributed by atoms with Crippen LogP contribution in [0.4, 0.5) is 4.39 Å². The molecule has 2 nitrogen and oxygen atoms in total. The van der Waals surface area contributed by atoms with Crippen molar-refractivity contribution in [2.24, 2.45) is 5.73 Å². The fourth-order valence-corrected chi connectivity index (χ4v) is 2.34. The Bertz CT molecular complexity index is 516. The molecule has 18 heavy (non-hydrogen) atoms. The van der Waals surface area contributed by atoms with Gasteiger partial charge in [-0.2, -0.15) is 0 Å². The van der Waals surface area contributed by atoms with Crippen LogP contribution >= 0.6 is 15.9 Å². The summed E-state index contributed by atoms with van der Waals surface area (Å²) in [4.78, 5) is 4.25. The van der Waals surface area contributed by atoms with Gasteiger partial charge in [0.1, 0.15) is 5.82 Å². The summed E-state index contributed by atoms with van der Waals surface area (Å²) in [7, 11) is 0. The lowest BCUT2D eigenvalue weighted by Crippen LogP contribution is -2.26. The fourth-order valence-electron chi connectivity index (χ4n) is 1.83. The zero-order valence-electron chi connectivity index (χ0n) is 9.81. The van der Waals surface area contributed by atoms with Crippen molar-refractivity contribution >= 4 is 15.9 Å². The molecule has 0 fully saturated rings. The van der Waals surface area contributed by atoms with E-state index in [4.69, 9.17) is 5.73 Å². The third-order valence-electron chi connectivity index (χ3n) is 2.69. The van der Waals surface area contributed by atoms with E-state index < -0.39 is 0 Å². The molecular formula is C14H14BrFN2. The standard InChI is InChI=1S/C14H14BrFN2/c15-14-8-11(16)5-4-10(14)7-12(17)9-13-3-1-2-6-18-13/h1-6,8,12H,7,9,17H2. The molecule has 1 unspecified atom stereocenters. The van der Waals surface area contributed by atoms with E-state index in [1.165, 1.54) is 12.1 Å². The number of benzene rings is 1. The molecule has 0 aliphatic carbocycles. The monoisotopic (exact) mass is 308 g/mol. The average Bonchev–Trinajstić information content (AvgIpc) is 2.34. The van der Waals surface area contributed by atoms with E-state index in [9.17, 15) is 4.39 Å². The SMILES string of the molecule is NC(Cc1ccccn1)Cc1ccc(F)cc1Br. The number of nitrogens with zero attached hydrogens (tertiary/aromatic N) is 1. The summed E-state index contributed by atoms with van der Waals surface area (Å²) in [6.45, 7) is 0. The first-order valence-corrected chi connectivity index (χ1v) is 6.54. The predicted molar refractivity (Wildman–Crippen MR) is 73.7 cm³/mol. The van der Waals surface area contributed by atoms with Crippen LogP contribution in [-0.4, -0.2) is 11.0 Å². The third-order valence-corrected chi connectivity index (χ3v) is 3.43. The number of nitrogens with two attached hydrogens (primary N) is 1. The molecule has 1 aromatic heterocycles. The maximum absolute atomic E-state index is 13.0. The molecule has 0 saturated heterocycles. The van der Waals surface area contributed by atoms with E-state index in [0.29, 0.717) is 12.8 Å². The van der Waals surface area contributed by atoms with Crippen LogP contribution in [-0.2, 0) is 12.8 Å². The fraction of sp³-hybridized carbons (Fsp3) is 0.214. The summed E-state index contributed by atoms with van der Waals surface area (Å²) in [5.74, 6) is -0.246. The van der Waals surface area contributed by atoms with Gasteiger partial charge in [-0.1, -0.05) is 28.1 Å². The van der Waals surface area contributed by atoms with E-state index in [1.807, 2.05) is 18.2 Å². The van der Waals surface area contributed by atoms with E-state index in [1.54, 1.807) is 12.3 Å². The third kappa shape index (κ3) is 3.62. The maximum atomic E-state index is 13.0. The second-order valence-corrected chi connectivity index (χ2v) is 5.08. The van der Waals surface area contributed by atoms with Gasteiger partial charge in [0.05, 0.1) is 0 Å². The van der Waals surface area contributed by atoms with Gasteiger partial charge in [-0.05, 0) is 36.2 Å². The Morgan fingerprint density at radius 1 is 1.22 bits per heavy atom. The van der Waals surface area contributed by atoms with E-state index >= 15 is 0 Å². The molecule has 2 aromatic rings. The Morgan fingerprint density at radius 2 is 2.06 bits per heavy atom. The number of halogens is 2. The van der Waals surface area contributed by atoms with Crippen molar-refractivity contribution in [3.05, 3.63) is 64.1 Å². The number of pyridine rings is 1. The van der Waals surface area contributed by atoms with Crippen LogP contribution in [0, 0.1) is 5.82 Å². The van der Waals surface area contributed by atoms with Crippen LogP contribution < -0.4 is 5.73 Å². The second kappa shape index (κ2) is 6.07. The van der Waals surface area contributed by atoms with Crippen molar-refractivity contribution < 1.29 is 4.39 Å². The maximum Gasteiger partial charge on any atom is 0.124 e. The zero-order valence-corrected chi connectivity index (χ0v) is 11.4. The van der Waals surface area contributed by atoms with Crippen molar-refractivity contribution in [1.29, 1.82) is 0 Å². The lowest BCUT2D eigenvalue weighted by atomic mass is 10.0. The van der Waals surface area contributed by atoms with Gasteiger partial charge >= 0.3 is 0 Å². The highest BCUT2D eigenvalue weighted by molar-refractivity contribution is 9.10. The molecule has 0 bridgehead atoms. The first-order valence-electron chi connectivity index (χ1n) is 5.74. The summed E-state index contributed by atoms with van der Waals surface area (Å²) in [5.41, 5.74) is 8.08. The number of hydrogen-bond acceptors (Lipinski definition) is 2. The number of aromatic nitrogens is 1. The van der Waals surface area contributed by atoms with E-state index in [2.05, 4.69) is 20.9 Å². The molecule has 1 heterocycles. The number of rotatable bonds is 4. The largest absolute Gasteiger partial charge is 0.327 e. The summed E-state index contributed by atoms with van der Waals surface area (Å²) < 4.78 is 13.7. The van der Waals surface area contributed by atoms with Crippen molar-refractivity contribution in [2.75, 3.05) is 0 Å². The smallest absolute Gasteiger partial charge is 0.124 e. The lowest BCUT2D eigenvalue weighted by Gasteiger charge is -2.12. The first-order chi connectivity index (χ1) is 8.65. The van der Waals surface area contributed by atoms with Crippen LogP contribution in [0.3, 0.4) is 0 Å². The molecule has 1 aromatic carbocycles. The van der Waals surface area contributed by atoms with Crippen LogP contribution in [0.15, 0.2) is 47.1 Å². The van der Waals surface area contributed by atoms with Crippen LogP contribution in [0.25, 0.3) is 0 Å². The predicted octanol–water partition coefficient (Wildman–Crippen LogP) is 3.10. The molecule has 1 atom stereocenters. The van der Waals surface area contributed by atoms with Crippen LogP contribution in [0.5, 0.6) is 0 Å². The number of hydrogen-bond donors (Lipinski definition) is 1. The lowest BCUT2D eigenvalue weighted by molar-refractivity contribution is 0.621. The topological polar surface area (TPSA) is 38.9 Å². The summed E-state index contributed by atoms with van der Waals surface area (Å²) in [6, 6.07) is 10.4. The summed E-state index contributed by atoms with van der Waals surface area (Å²) >= 11 is 3.35. The molecule has 2 rings (SSSR count). The van der Waals surface area contributed by atoms with Gasteiger partial charge in [-0.15, -0.1) is 0 Å². The molecule has 0 saturated carbocycles. The van der Waals surface area contributed by atoms with Gasteiger partial charge in [0, 0.05) is 28.8 Å². The summed E-state index contributed by atoms with van der Waals surface area (Å²) in [5, 5.41) is 0. The van der Waals surface area contributed by atoms with Gasteiger partial charge < -0.3 is 5.73 Å². The Hall–Kier alpha value is -1.26. The van der Waals surface area contributed by atoms with Crippen molar-refractivity contribution in [3.8, 4) is 0 Å². The quantitative estimate of drug-likeness (QED) is 0.942. The van der Waals surface area contributed by atoms with Gasteiger partial charge in [0.2, 0.25) is 0 Å². The minimum atomic E-state index is -0.246. The highest BCUT2D eigenvalue weighted by Gasteiger charge is 2.09. The van der Waals surface area contributed by atoms with Gasteiger partial charge in [-0.25, -0.2) is 4.39 Å². The van der Waals surface area contributed by atoms with Crippen molar-refractivity contribution in [2.45, 2.75) is 18.9 Å². The van der Waals surface area contributed by atoms with Crippen molar-refractivity contribution in [3.63, 3.8) is 0 Å². The van der Waals surface area contributed by atoms with Crippen LogP contribution in [0.1, 0.15) is 11.3 Å².